The van der Waals surface area contributed by atoms with E-state index in [1.807, 2.05) is 0 Å². The number of hydrazine groups is 1. The minimum atomic E-state index is -1.28. The molecule has 0 aromatic heterocycles. The highest BCUT2D eigenvalue weighted by molar-refractivity contribution is 6.23. The van der Waals surface area contributed by atoms with Crippen LogP contribution in [0.5, 0.6) is 17.2 Å². The molecule has 10 heteroatoms. The van der Waals surface area contributed by atoms with Crippen molar-refractivity contribution in [2.24, 2.45) is 0 Å². The van der Waals surface area contributed by atoms with Crippen LogP contribution >= 0.6 is 0 Å². The summed E-state index contributed by atoms with van der Waals surface area (Å²) in [5, 5.41) is 0.889. The maximum absolute atomic E-state index is 13.7. The lowest BCUT2D eigenvalue weighted by Gasteiger charge is -2.28. The van der Waals surface area contributed by atoms with Crippen LogP contribution in [0.15, 0.2) is 72.8 Å². The highest BCUT2D eigenvalue weighted by Gasteiger charge is 2.46. The predicted molar refractivity (Wildman–Crippen MR) is 134 cm³/mol. The molecule has 1 saturated heterocycles. The Morgan fingerprint density at radius 2 is 1.49 bits per heavy atom. The van der Waals surface area contributed by atoms with Crippen LogP contribution < -0.4 is 24.5 Å². The van der Waals surface area contributed by atoms with Gasteiger partial charge in [0.15, 0.2) is 11.5 Å². The number of anilines is 1. The second-order valence-electron chi connectivity index (χ2n) is 8.01. The van der Waals surface area contributed by atoms with Crippen molar-refractivity contribution in [1.29, 1.82) is 0 Å². The molecular formula is C27H25N3O7. The number of ether oxygens (including phenoxy) is 3. The molecule has 0 saturated carbocycles. The van der Waals surface area contributed by atoms with E-state index in [1.165, 1.54) is 39.5 Å². The molecule has 0 bridgehead atoms. The number of nitrogens with zero attached hydrogens (tertiary/aromatic N) is 2. The monoisotopic (exact) mass is 503 g/mol. The molecule has 1 aliphatic heterocycles. The SMILES string of the molecule is COc1ccc(C(=O)NN(C(=O)c2ccccc2OC)C2CC(=O)N(c3ccccc3)C2=O)cc1OC. The molecule has 0 aliphatic carbocycles. The number of carbonyl (C=O) groups excluding carboxylic acids is 4. The van der Waals surface area contributed by atoms with Gasteiger partial charge in [0, 0.05) is 5.56 Å². The first-order chi connectivity index (χ1) is 17.9. The zero-order chi connectivity index (χ0) is 26.5. The summed E-state index contributed by atoms with van der Waals surface area (Å²) in [6, 6.07) is 18.0. The second kappa shape index (κ2) is 10.8. The number of imide groups is 1. The van der Waals surface area contributed by atoms with Crippen molar-refractivity contribution in [2.45, 2.75) is 12.5 Å². The molecule has 10 nitrogen and oxygen atoms in total. The summed E-state index contributed by atoms with van der Waals surface area (Å²) in [5.41, 5.74) is 3.15. The molecule has 1 fully saturated rings. The number of carbonyl (C=O) groups is 4. The highest BCUT2D eigenvalue weighted by atomic mass is 16.5. The number of benzene rings is 3. The third-order valence-corrected chi connectivity index (χ3v) is 5.87. The van der Waals surface area contributed by atoms with Gasteiger partial charge in [-0.05, 0) is 42.5 Å². The molecule has 1 N–H and O–H groups in total. The molecular weight excluding hydrogens is 478 g/mol. The summed E-state index contributed by atoms with van der Waals surface area (Å²) in [4.78, 5) is 54.3. The largest absolute Gasteiger partial charge is 0.496 e. The Balaban J connectivity index is 1.71. The number of rotatable bonds is 7. The highest BCUT2D eigenvalue weighted by Crippen LogP contribution is 2.29. The first-order valence-corrected chi connectivity index (χ1v) is 11.3. The van der Waals surface area contributed by atoms with Crippen LogP contribution in [0, 0.1) is 0 Å². The van der Waals surface area contributed by atoms with Crippen molar-refractivity contribution < 1.29 is 33.4 Å². The van der Waals surface area contributed by atoms with Gasteiger partial charge in [0.25, 0.3) is 17.7 Å². The van der Waals surface area contributed by atoms with E-state index in [-0.39, 0.29) is 23.3 Å². The Bertz CT molecular complexity index is 1340. The summed E-state index contributed by atoms with van der Waals surface area (Å²) in [7, 11) is 4.30. The van der Waals surface area contributed by atoms with Crippen LogP contribution in [-0.2, 0) is 9.59 Å². The van der Waals surface area contributed by atoms with Gasteiger partial charge < -0.3 is 14.2 Å². The Morgan fingerprint density at radius 1 is 0.838 bits per heavy atom. The molecule has 4 amide bonds. The Kier molecular flexibility index (Phi) is 7.38. The number of para-hydroxylation sites is 2. The fourth-order valence-corrected chi connectivity index (χ4v) is 4.04. The Morgan fingerprint density at radius 3 is 2.16 bits per heavy atom. The third kappa shape index (κ3) is 4.94. The van der Waals surface area contributed by atoms with E-state index in [4.69, 9.17) is 14.2 Å². The maximum atomic E-state index is 13.7. The Hall–Kier alpha value is -4.86. The van der Waals surface area contributed by atoms with E-state index in [2.05, 4.69) is 5.43 Å². The van der Waals surface area contributed by atoms with Crippen molar-refractivity contribution in [2.75, 3.05) is 26.2 Å². The van der Waals surface area contributed by atoms with Crippen LogP contribution in [0.25, 0.3) is 0 Å². The third-order valence-electron chi connectivity index (χ3n) is 5.87. The van der Waals surface area contributed by atoms with Crippen LogP contribution in [0.3, 0.4) is 0 Å². The van der Waals surface area contributed by atoms with Crippen molar-refractivity contribution in [3.63, 3.8) is 0 Å². The summed E-state index contributed by atoms with van der Waals surface area (Å²) < 4.78 is 15.8. The van der Waals surface area contributed by atoms with Crippen molar-refractivity contribution in [1.82, 2.24) is 10.4 Å². The lowest BCUT2D eigenvalue weighted by molar-refractivity contribution is -0.122. The molecule has 190 valence electrons. The Labute approximate surface area is 213 Å². The predicted octanol–water partition coefficient (Wildman–Crippen LogP) is 2.83. The van der Waals surface area contributed by atoms with Gasteiger partial charge in [-0.3, -0.25) is 24.6 Å². The first-order valence-electron chi connectivity index (χ1n) is 11.3. The van der Waals surface area contributed by atoms with Crippen LogP contribution in [-0.4, -0.2) is 56.0 Å². The number of methoxy groups -OCH3 is 3. The van der Waals surface area contributed by atoms with Gasteiger partial charge >= 0.3 is 0 Å². The van der Waals surface area contributed by atoms with Gasteiger partial charge in [0.05, 0.1) is 39.0 Å². The molecule has 0 radical (unpaired) electrons. The molecule has 1 heterocycles. The minimum absolute atomic E-state index is 0.107. The second-order valence-corrected chi connectivity index (χ2v) is 8.01. The minimum Gasteiger partial charge on any atom is -0.496 e. The van der Waals surface area contributed by atoms with E-state index in [9.17, 15) is 19.2 Å². The molecule has 3 aromatic rings. The van der Waals surface area contributed by atoms with E-state index in [1.54, 1.807) is 54.6 Å². The molecule has 1 aliphatic rings. The van der Waals surface area contributed by atoms with Gasteiger partial charge in [0.1, 0.15) is 11.8 Å². The summed E-state index contributed by atoms with van der Waals surface area (Å²) >= 11 is 0. The van der Waals surface area contributed by atoms with E-state index in [0.29, 0.717) is 17.2 Å². The van der Waals surface area contributed by atoms with Crippen LogP contribution in [0.1, 0.15) is 27.1 Å². The quantitative estimate of drug-likeness (QED) is 0.390. The normalized spacial score (nSPS) is 14.8. The van der Waals surface area contributed by atoms with Crippen molar-refractivity contribution in [3.05, 3.63) is 83.9 Å². The number of nitrogens with one attached hydrogen (secondary N) is 1. The van der Waals surface area contributed by atoms with Gasteiger partial charge in [-0.2, -0.15) is 0 Å². The van der Waals surface area contributed by atoms with Gasteiger partial charge in [-0.25, -0.2) is 9.91 Å². The maximum Gasteiger partial charge on any atom is 0.276 e. The van der Waals surface area contributed by atoms with Crippen LogP contribution in [0.4, 0.5) is 5.69 Å². The smallest absolute Gasteiger partial charge is 0.276 e. The lowest BCUT2D eigenvalue weighted by atomic mass is 10.1. The molecule has 4 rings (SSSR count). The fraction of sp³-hybridized carbons (Fsp3) is 0.185. The lowest BCUT2D eigenvalue weighted by Crippen LogP contribution is -2.54. The van der Waals surface area contributed by atoms with E-state index < -0.39 is 29.7 Å². The number of hydrogen-bond acceptors (Lipinski definition) is 7. The summed E-state index contributed by atoms with van der Waals surface area (Å²) in [6.45, 7) is 0. The molecule has 0 spiro atoms. The van der Waals surface area contributed by atoms with Crippen LogP contribution in [0.2, 0.25) is 0 Å². The van der Waals surface area contributed by atoms with E-state index in [0.717, 1.165) is 9.91 Å². The summed E-state index contributed by atoms with van der Waals surface area (Å²) in [6.07, 6.45) is -0.319. The zero-order valence-corrected chi connectivity index (χ0v) is 20.5. The zero-order valence-electron chi connectivity index (χ0n) is 20.5. The standard InChI is InChI=1S/C27H25N3O7/c1-35-21-12-8-7-11-19(21)26(33)30(28-25(32)17-13-14-22(36-2)23(15-17)37-3)20-16-24(31)29(27(20)34)18-9-5-4-6-10-18/h4-15,20H,16H2,1-3H3,(H,28,32). The number of amides is 4. The van der Waals surface area contributed by atoms with Crippen molar-refractivity contribution in [3.8, 4) is 17.2 Å². The first kappa shape index (κ1) is 25.2. The molecule has 1 atom stereocenters. The van der Waals surface area contributed by atoms with E-state index >= 15 is 0 Å². The summed E-state index contributed by atoms with van der Waals surface area (Å²) in [5.74, 6) is -1.59. The van der Waals surface area contributed by atoms with Crippen molar-refractivity contribution >= 4 is 29.3 Å². The number of hydrogen-bond donors (Lipinski definition) is 1. The fourth-order valence-electron chi connectivity index (χ4n) is 4.04. The average molecular weight is 504 g/mol. The topological polar surface area (TPSA) is 114 Å². The average Bonchev–Trinajstić information content (AvgIpc) is 3.24. The molecule has 3 aromatic carbocycles. The van der Waals surface area contributed by atoms with Gasteiger partial charge in [-0.1, -0.05) is 30.3 Å². The van der Waals surface area contributed by atoms with Gasteiger partial charge in [0.2, 0.25) is 5.91 Å². The molecule has 1 unspecified atom stereocenters. The van der Waals surface area contributed by atoms with Gasteiger partial charge in [-0.15, -0.1) is 0 Å². The molecule has 37 heavy (non-hydrogen) atoms.